The minimum atomic E-state index is -4.57. The maximum atomic E-state index is 13.9. The molecule has 6 heteroatoms. The highest BCUT2D eigenvalue weighted by Crippen LogP contribution is 2.61. The van der Waals surface area contributed by atoms with Gasteiger partial charge in [0.1, 0.15) is 17.1 Å². The van der Waals surface area contributed by atoms with E-state index < -0.39 is 23.3 Å². The minimum absolute atomic E-state index is 0.0481. The van der Waals surface area contributed by atoms with E-state index >= 15 is 0 Å². The first-order valence-electron chi connectivity index (χ1n) is 11.5. The van der Waals surface area contributed by atoms with Crippen LogP contribution in [0.25, 0.3) is 0 Å². The summed E-state index contributed by atoms with van der Waals surface area (Å²) in [7, 11) is 0. The highest BCUT2D eigenvalue weighted by Gasteiger charge is 2.58. The number of carbonyl (C=O) groups is 1. The molecule has 0 amide bonds. The summed E-state index contributed by atoms with van der Waals surface area (Å²) in [5, 5.41) is 0. The zero-order chi connectivity index (χ0) is 22.5. The third-order valence-corrected chi connectivity index (χ3v) is 7.85. The average molecular weight is 444 g/mol. The third-order valence-electron chi connectivity index (χ3n) is 7.85. The second-order valence-electron chi connectivity index (χ2n) is 9.63. The van der Waals surface area contributed by atoms with Crippen LogP contribution in [0.2, 0.25) is 0 Å². The van der Waals surface area contributed by atoms with Gasteiger partial charge in [-0.3, -0.25) is 0 Å². The Morgan fingerprint density at radius 3 is 2.16 bits per heavy atom. The molecule has 0 aromatic heterocycles. The normalized spacial score (nSPS) is 30.9. The third kappa shape index (κ3) is 3.67. The highest BCUT2D eigenvalue weighted by molar-refractivity contribution is 5.91. The van der Waals surface area contributed by atoms with E-state index in [0.717, 1.165) is 37.8 Å². The molecule has 0 radical (unpaired) electrons. The molecule has 0 saturated heterocycles. The van der Waals surface area contributed by atoms with E-state index in [1.54, 1.807) is 30.3 Å². The molecular formula is C26H27F3O3. The minimum Gasteiger partial charge on any atom is -0.486 e. The number of ether oxygens (including phenoxy) is 2. The van der Waals surface area contributed by atoms with Crippen LogP contribution in [0.15, 0.2) is 48.5 Å². The summed E-state index contributed by atoms with van der Waals surface area (Å²) < 4.78 is 53.4. The first-order chi connectivity index (χ1) is 15.3. The molecule has 2 aromatic carbocycles. The fraction of sp³-hybridized carbons (Fsp3) is 0.500. The number of alkyl halides is 3. The Labute approximate surface area is 185 Å². The lowest BCUT2D eigenvalue weighted by Gasteiger charge is -2.60. The molecule has 2 aromatic rings. The van der Waals surface area contributed by atoms with Crippen molar-refractivity contribution in [3.63, 3.8) is 0 Å². The van der Waals surface area contributed by atoms with Crippen molar-refractivity contribution in [1.29, 1.82) is 0 Å². The summed E-state index contributed by atoms with van der Waals surface area (Å²) in [5.41, 5.74) is -1.39. The van der Waals surface area contributed by atoms with Crippen molar-refractivity contribution in [2.45, 2.75) is 57.2 Å². The second kappa shape index (κ2) is 7.82. The van der Waals surface area contributed by atoms with Gasteiger partial charge in [-0.1, -0.05) is 25.1 Å². The van der Waals surface area contributed by atoms with Gasteiger partial charge in [0.05, 0.1) is 11.1 Å². The largest absolute Gasteiger partial charge is 0.486 e. The molecule has 4 aliphatic rings. The lowest BCUT2D eigenvalue weighted by molar-refractivity contribution is -0.166. The van der Waals surface area contributed by atoms with Gasteiger partial charge in [-0.15, -0.1) is 0 Å². The molecule has 4 saturated carbocycles. The Balaban J connectivity index is 1.49. The number of esters is 1. The van der Waals surface area contributed by atoms with Gasteiger partial charge in [0.2, 0.25) is 0 Å². The van der Waals surface area contributed by atoms with Gasteiger partial charge in [-0.25, -0.2) is 4.79 Å². The standard InChI is InChI=1S/C26H27F3O3/c1-2-25(19-11-16-10-17(13-19)14-20(25)12-16)32-23-15-18(8-9-22(23)26(27,28)29)24(30)31-21-6-4-3-5-7-21/h3-9,15-17,19-20H,2,10-14H2,1H3. The van der Waals surface area contributed by atoms with Crippen molar-refractivity contribution in [3.8, 4) is 11.5 Å². The van der Waals surface area contributed by atoms with Crippen molar-refractivity contribution in [1.82, 2.24) is 0 Å². The monoisotopic (exact) mass is 444 g/mol. The number of rotatable bonds is 5. The maximum absolute atomic E-state index is 13.9. The summed E-state index contributed by atoms with van der Waals surface area (Å²) >= 11 is 0. The van der Waals surface area contributed by atoms with Gasteiger partial charge >= 0.3 is 12.1 Å². The summed E-state index contributed by atoms with van der Waals surface area (Å²) in [6.45, 7) is 2.02. The molecular weight excluding hydrogens is 417 g/mol. The van der Waals surface area contributed by atoms with Crippen LogP contribution in [0.1, 0.15) is 61.4 Å². The number of para-hydroxylation sites is 1. The van der Waals surface area contributed by atoms with Crippen LogP contribution in [0.3, 0.4) is 0 Å². The van der Waals surface area contributed by atoms with Gasteiger partial charge in [-0.05, 0) is 92.5 Å². The highest BCUT2D eigenvalue weighted by atomic mass is 19.4. The van der Waals surface area contributed by atoms with Crippen LogP contribution in [0, 0.1) is 23.7 Å². The molecule has 0 atom stereocenters. The first kappa shape index (κ1) is 21.4. The van der Waals surface area contributed by atoms with Crippen LogP contribution < -0.4 is 9.47 Å². The molecule has 4 fully saturated rings. The Bertz CT molecular complexity index is 971. The van der Waals surface area contributed by atoms with Crippen LogP contribution in [-0.4, -0.2) is 11.6 Å². The van der Waals surface area contributed by atoms with Crippen molar-refractivity contribution >= 4 is 5.97 Å². The number of halogens is 3. The van der Waals surface area contributed by atoms with Crippen LogP contribution >= 0.6 is 0 Å². The van der Waals surface area contributed by atoms with Gasteiger partial charge in [-0.2, -0.15) is 13.2 Å². The van der Waals surface area contributed by atoms with E-state index in [-0.39, 0.29) is 23.1 Å². The molecule has 3 nitrogen and oxygen atoms in total. The van der Waals surface area contributed by atoms with Gasteiger partial charge < -0.3 is 9.47 Å². The Kier molecular flexibility index (Phi) is 5.22. The molecule has 32 heavy (non-hydrogen) atoms. The zero-order valence-electron chi connectivity index (χ0n) is 18.0. The summed E-state index contributed by atoms with van der Waals surface area (Å²) in [6, 6.07) is 11.8. The van der Waals surface area contributed by atoms with E-state index in [9.17, 15) is 18.0 Å². The van der Waals surface area contributed by atoms with Gasteiger partial charge in [0.15, 0.2) is 0 Å². The van der Waals surface area contributed by atoms with Gasteiger partial charge in [0, 0.05) is 0 Å². The Morgan fingerprint density at radius 1 is 0.969 bits per heavy atom. The van der Waals surface area contributed by atoms with Crippen molar-refractivity contribution < 1.29 is 27.4 Å². The number of benzene rings is 2. The Hall–Kier alpha value is -2.50. The van der Waals surface area contributed by atoms with E-state index in [4.69, 9.17) is 9.47 Å². The summed E-state index contributed by atoms with van der Waals surface area (Å²) in [6.07, 6.45) is 1.45. The predicted octanol–water partition coefficient (Wildman–Crippen LogP) is 6.91. The lowest BCUT2D eigenvalue weighted by atomic mass is 9.49. The summed E-state index contributed by atoms with van der Waals surface area (Å²) in [4.78, 5) is 12.7. The number of carbonyl (C=O) groups excluding carboxylic acids is 1. The SMILES string of the molecule is CCC1(Oc2cc(C(=O)Oc3ccccc3)ccc2C(F)(F)F)C2CC3CC(C2)CC1C3. The molecule has 6 rings (SSSR count). The second-order valence-corrected chi connectivity index (χ2v) is 9.63. The van der Waals surface area contributed by atoms with Crippen LogP contribution in [0.5, 0.6) is 11.5 Å². The molecule has 0 spiro atoms. The van der Waals surface area contributed by atoms with E-state index in [2.05, 4.69) is 0 Å². The van der Waals surface area contributed by atoms with E-state index in [1.165, 1.54) is 12.5 Å². The number of hydrogen-bond donors (Lipinski definition) is 0. The fourth-order valence-electron chi connectivity index (χ4n) is 6.63. The van der Waals surface area contributed by atoms with Crippen molar-refractivity contribution in [3.05, 3.63) is 59.7 Å². The molecule has 0 N–H and O–H groups in total. The lowest BCUT2D eigenvalue weighted by Crippen LogP contribution is -2.60. The first-order valence-corrected chi connectivity index (χ1v) is 11.5. The molecule has 0 heterocycles. The molecule has 170 valence electrons. The predicted molar refractivity (Wildman–Crippen MR) is 114 cm³/mol. The zero-order valence-corrected chi connectivity index (χ0v) is 18.0. The average Bonchev–Trinajstić information content (AvgIpc) is 2.76. The quantitative estimate of drug-likeness (QED) is 0.371. The van der Waals surface area contributed by atoms with E-state index in [1.807, 2.05) is 6.92 Å². The summed E-state index contributed by atoms with van der Waals surface area (Å²) in [5.74, 6) is 1.27. The Morgan fingerprint density at radius 2 is 1.59 bits per heavy atom. The molecule has 4 aliphatic carbocycles. The molecule has 0 unspecified atom stereocenters. The van der Waals surface area contributed by atoms with Gasteiger partial charge in [0.25, 0.3) is 0 Å². The maximum Gasteiger partial charge on any atom is 0.419 e. The fourth-order valence-corrected chi connectivity index (χ4v) is 6.63. The number of hydrogen-bond acceptors (Lipinski definition) is 3. The van der Waals surface area contributed by atoms with Crippen LogP contribution in [-0.2, 0) is 6.18 Å². The van der Waals surface area contributed by atoms with Crippen LogP contribution in [0.4, 0.5) is 13.2 Å². The van der Waals surface area contributed by atoms with Crippen molar-refractivity contribution in [2.24, 2.45) is 23.7 Å². The smallest absolute Gasteiger partial charge is 0.419 e. The topological polar surface area (TPSA) is 35.5 Å². The van der Waals surface area contributed by atoms with E-state index in [0.29, 0.717) is 24.0 Å². The molecule has 4 bridgehead atoms. The molecule has 0 aliphatic heterocycles. The van der Waals surface area contributed by atoms with Crippen molar-refractivity contribution in [2.75, 3.05) is 0 Å².